The molecule has 0 aliphatic carbocycles. The fourth-order valence-corrected chi connectivity index (χ4v) is 3.65. The van der Waals surface area contributed by atoms with E-state index < -0.39 is 41.6 Å². The van der Waals surface area contributed by atoms with Crippen LogP contribution in [0.2, 0.25) is 0 Å². The molecule has 2 rings (SSSR count). The van der Waals surface area contributed by atoms with Crippen molar-refractivity contribution in [2.45, 2.75) is 45.1 Å². The zero-order valence-electron chi connectivity index (χ0n) is 15.3. The number of benzene rings is 1. The van der Waals surface area contributed by atoms with E-state index in [-0.39, 0.29) is 43.8 Å². The van der Waals surface area contributed by atoms with Crippen molar-refractivity contribution in [2.75, 3.05) is 13.2 Å². The van der Waals surface area contributed by atoms with Gasteiger partial charge in [-0.2, -0.15) is 0 Å². The molecule has 148 valence electrons. The molecule has 27 heavy (non-hydrogen) atoms. The SMILES string of the molecule is CCOC(=O)CC(=O)[C@@H]1CCN(C(=O)O)[C@](C)(Cc2c(F)cccc2F)C1. The Hall–Kier alpha value is -2.51. The van der Waals surface area contributed by atoms with E-state index in [9.17, 15) is 28.3 Å². The fraction of sp³-hybridized carbons (Fsp3) is 0.526. The molecule has 1 heterocycles. The number of piperidine rings is 1. The number of likely N-dealkylation sites (tertiary alicyclic amines) is 1. The molecular weight excluding hydrogens is 360 g/mol. The van der Waals surface area contributed by atoms with E-state index in [0.717, 1.165) is 17.0 Å². The molecule has 0 unspecified atom stereocenters. The third-order valence-electron chi connectivity index (χ3n) is 4.97. The van der Waals surface area contributed by atoms with Crippen LogP contribution in [0.25, 0.3) is 0 Å². The van der Waals surface area contributed by atoms with Crippen LogP contribution in [0.1, 0.15) is 38.7 Å². The monoisotopic (exact) mass is 383 g/mol. The molecule has 0 aromatic heterocycles. The number of carboxylic acid groups (broad SMARTS) is 1. The quantitative estimate of drug-likeness (QED) is 0.603. The van der Waals surface area contributed by atoms with Gasteiger partial charge >= 0.3 is 12.1 Å². The number of ether oxygens (including phenoxy) is 1. The van der Waals surface area contributed by atoms with Gasteiger partial charge < -0.3 is 14.7 Å². The van der Waals surface area contributed by atoms with Crippen LogP contribution >= 0.6 is 0 Å². The molecule has 6 nitrogen and oxygen atoms in total. The van der Waals surface area contributed by atoms with Gasteiger partial charge in [0.05, 0.1) is 6.61 Å². The number of esters is 1. The van der Waals surface area contributed by atoms with Crippen molar-refractivity contribution in [3.05, 3.63) is 35.4 Å². The minimum Gasteiger partial charge on any atom is -0.466 e. The van der Waals surface area contributed by atoms with Gasteiger partial charge in [0.25, 0.3) is 0 Å². The molecule has 0 bridgehead atoms. The molecule has 1 aromatic rings. The van der Waals surface area contributed by atoms with Gasteiger partial charge in [0, 0.05) is 30.0 Å². The highest BCUT2D eigenvalue weighted by Crippen LogP contribution is 2.36. The van der Waals surface area contributed by atoms with Gasteiger partial charge in [0.1, 0.15) is 23.8 Å². The van der Waals surface area contributed by atoms with Gasteiger partial charge in [0.15, 0.2) is 0 Å². The van der Waals surface area contributed by atoms with Crippen LogP contribution in [0.15, 0.2) is 18.2 Å². The zero-order chi connectivity index (χ0) is 20.2. The second kappa shape index (κ2) is 8.45. The van der Waals surface area contributed by atoms with Gasteiger partial charge in [-0.15, -0.1) is 0 Å². The van der Waals surface area contributed by atoms with Gasteiger partial charge in [-0.1, -0.05) is 6.07 Å². The summed E-state index contributed by atoms with van der Waals surface area (Å²) >= 11 is 0. The Balaban J connectivity index is 2.24. The molecule has 0 radical (unpaired) electrons. The van der Waals surface area contributed by atoms with E-state index in [1.807, 2.05) is 0 Å². The summed E-state index contributed by atoms with van der Waals surface area (Å²) in [5.41, 5.74) is -1.40. The third kappa shape index (κ3) is 4.81. The molecule has 1 N–H and O–H groups in total. The standard InChI is InChI=1S/C19H23F2NO5/c1-3-27-17(24)9-16(23)12-7-8-22(18(25)26)19(2,10-12)11-13-14(20)5-4-6-15(13)21/h4-6,12H,3,7-11H2,1-2H3,(H,25,26)/t12-,19+/m1/s1. The van der Waals surface area contributed by atoms with E-state index in [0.29, 0.717) is 0 Å². The number of hydrogen-bond acceptors (Lipinski definition) is 4. The molecule has 0 spiro atoms. The third-order valence-corrected chi connectivity index (χ3v) is 4.97. The van der Waals surface area contributed by atoms with Crippen LogP contribution in [-0.2, 0) is 20.7 Å². The Kier molecular flexibility index (Phi) is 6.51. The lowest BCUT2D eigenvalue weighted by molar-refractivity contribution is -0.147. The second-order valence-electron chi connectivity index (χ2n) is 6.95. The van der Waals surface area contributed by atoms with E-state index in [1.54, 1.807) is 13.8 Å². The van der Waals surface area contributed by atoms with Crippen LogP contribution in [0, 0.1) is 17.6 Å². The highest BCUT2D eigenvalue weighted by molar-refractivity contribution is 5.97. The van der Waals surface area contributed by atoms with E-state index in [2.05, 4.69) is 0 Å². The first-order valence-corrected chi connectivity index (χ1v) is 8.79. The maximum absolute atomic E-state index is 14.1. The van der Waals surface area contributed by atoms with Crippen molar-refractivity contribution in [3.8, 4) is 0 Å². The number of carbonyl (C=O) groups excluding carboxylic acids is 2. The minimum atomic E-state index is -1.22. The smallest absolute Gasteiger partial charge is 0.407 e. The van der Waals surface area contributed by atoms with Crippen LogP contribution in [-0.4, -0.2) is 46.5 Å². The van der Waals surface area contributed by atoms with E-state index in [1.165, 1.54) is 6.07 Å². The molecule has 1 fully saturated rings. The molecule has 1 aliphatic rings. The first kappa shape index (κ1) is 20.8. The molecule has 1 saturated heterocycles. The van der Waals surface area contributed by atoms with Gasteiger partial charge in [0.2, 0.25) is 0 Å². The lowest BCUT2D eigenvalue weighted by atomic mass is 9.75. The summed E-state index contributed by atoms with van der Waals surface area (Å²) in [5.74, 6) is -3.09. The highest BCUT2D eigenvalue weighted by Gasteiger charge is 2.44. The maximum atomic E-state index is 14.1. The maximum Gasteiger partial charge on any atom is 0.407 e. The van der Waals surface area contributed by atoms with Crippen molar-refractivity contribution in [3.63, 3.8) is 0 Å². The van der Waals surface area contributed by atoms with E-state index >= 15 is 0 Å². The average molecular weight is 383 g/mol. The Bertz CT molecular complexity index is 719. The number of ketones is 1. The summed E-state index contributed by atoms with van der Waals surface area (Å²) in [6.07, 6.45) is -1.49. The topological polar surface area (TPSA) is 83.9 Å². The van der Waals surface area contributed by atoms with Crippen molar-refractivity contribution in [1.29, 1.82) is 0 Å². The Morgan fingerprint density at radius 3 is 2.48 bits per heavy atom. The molecule has 1 aromatic carbocycles. The Morgan fingerprint density at radius 2 is 1.93 bits per heavy atom. The molecule has 1 amide bonds. The van der Waals surface area contributed by atoms with Gasteiger partial charge in [-0.05, 0) is 38.8 Å². The summed E-state index contributed by atoms with van der Waals surface area (Å²) in [6.45, 7) is 3.40. The summed E-state index contributed by atoms with van der Waals surface area (Å²) in [4.78, 5) is 36.7. The summed E-state index contributed by atoms with van der Waals surface area (Å²) in [6, 6.07) is 3.45. The predicted molar refractivity (Wildman–Crippen MR) is 92.2 cm³/mol. The fourth-order valence-electron chi connectivity index (χ4n) is 3.65. The summed E-state index contributed by atoms with van der Waals surface area (Å²) in [5, 5.41) is 9.51. The predicted octanol–water partition coefficient (Wildman–Crippen LogP) is 3.18. The van der Waals surface area contributed by atoms with Crippen molar-refractivity contribution in [2.24, 2.45) is 5.92 Å². The van der Waals surface area contributed by atoms with Crippen molar-refractivity contribution < 1.29 is 33.0 Å². The zero-order valence-corrected chi connectivity index (χ0v) is 15.3. The minimum absolute atomic E-state index is 0.0428. The van der Waals surface area contributed by atoms with Crippen LogP contribution in [0.3, 0.4) is 0 Å². The Morgan fingerprint density at radius 1 is 1.30 bits per heavy atom. The number of rotatable bonds is 6. The normalized spacial score (nSPS) is 22.4. The van der Waals surface area contributed by atoms with Crippen molar-refractivity contribution in [1.82, 2.24) is 4.90 Å². The highest BCUT2D eigenvalue weighted by atomic mass is 19.1. The molecule has 0 saturated carbocycles. The Labute approximate surface area is 156 Å². The lowest BCUT2D eigenvalue weighted by Crippen LogP contribution is -2.56. The average Bonchev–Trinajstić information content (AvgIpc) is 2.58. The van der Waals surface area contributed by atoms with Crippen LogP contribution in [0.5, 0.6) is 0 Å². The number of carbonyl (C=O) groups is 3. The van der Waals surface area contributed by atoms with E-state index in [4.69, 9.17) is 4.74 Å². The molecule has 8 heteroatoms. The van der Waals surface area contributed by atoms with Crippen molar-refractivity contribution >= 4 is 17.8 Å². The second-order valence-corrected chi connectivity index (χ2v) is 6.95. The first-order valence-electron chi connectivity index (χ1n) is 8.79. The lowest BCUT2D eigenvalue weighted by Gasteiger charge is -2.46. The first-order chi connectivity index (χ1) is 12.7. The van der Waals surface area contributed by atoms with Gasteiger partial charge in [-0.3, -0.25) is 9.59 Å². The number of halogens is 2. The van der Waals surface area contributed by atoms with Gasteiger partial charge in [-0.25, -0.2) is 13.6 Å². The largest absolute Gasteiger partial charge is 0.466 e. The molecule has 1 aliphatic heterocycles. The number of hydrogen-bond donors (Lipinski definition) is 1. The summed E-state index contributed by atoms with van der Waals surface area (Å²) < 4.78 is 32.9. The molecule has 2 atom stereocenters. The number of amides is 1. The summed E-state index contributed by atoms with van der Waals surface area (Å²) in [7, 11) is 0. The van der Waals surface area contributed by atoms with Crippen LogP contribution < -0.4 is 0 Å². The number of nitrogens with zero attached hydrogens (tertiary/aromatic N) is 1. The molecular formula is C19H23F2NO5. The number of Topliss-reactive ketones (excluding diaryl/α,β-unsaturated/α-hetero) is 1. The van der Waals surface area contributed by atoms with Crippen LogP contribution in [0.4, 0.5) is 13.6 Å².